The molecule has 0 spiro atoms. The van der Waals surface area contributed by atoms with Crippen LogP contribution in [0.2, 0.25) is 10.0 Å². The van der Waals surface area contributed by atoms with Crippen molar-refractivity contribution in [2.45, 2.75) is 31.9 Å². The Hall–Kier alpha value is -2.28. The molecule has 1 unspecified atom stereocenters. The summed E-state index contributed by atoms with van der Waals surface area (Å²) in [5.41, 5.74) is 8.78. The molecule has 0 aliphatic carbocycles. The van der Waals surface area contributed by atoms with Crippen molar-refractivity contribution in [3.63, 3.8) is 0 Å². The van der Waals surface area contributed by atoms with Crippen LogP contribution < -0.4 is 15.8 Å². The Kier molecular flexibility index (Phi) is 5.94. The van der Waals surface area contributed by atoms with Crippen molar-refractivity contribution in [1.82, 2.24) is 20.1 Å². The van der Waals surface area contributed by atoms with E-state index < -0.39 is 0 Å². The molecule has 0 radical (unpaired) electrons. The first-order valence-electron chi connectivity index (χ1n) is 9.63. The van der Waals surface area contributed by atoms with E-state index in [2.05, 4.69) is 21.6 Å². The number of rotatable bonds is 5. The summed E-state index contributed by atoms with van der Waals surface area (Å²) in [6.07, 6.45) is 7.51. The number of piperidine rings is 1. The zero-order chi connectivity index (χ0) is 20.4. The van der Waals surface area contributed by atoms with E-state index in [4.69, 9.17) is 33.7 Å². The van der Waals surface area contributed by atoms with Crippen molar-refractivity contribution in [1.29, 1.82) is 0 Å². The van der Waals surface area contributed by atoms with Crippen molar-refractivity contribution in [3.8, 4) is 16.9 Å². The van der Waals surface area contributed by atoms with Gasteiger partial charge in [-0.2, -0.15) is 5.10 Å². The Bertz CT molecular complexity index is 1000. The first kappa shape index (κ1) is 20.0. The quantitative estimate of drug-likeness (QED) is 0.600. The molecule has 6 nitrogen and oxygen atoms in total. The predicted octanol–water partition coefficient (Wildman–Crippen LogP) is 4.90. The number of nitrogens with zero attached hydrogens (tertiary/aromatic N) is 3. The number of nitrogens with two attached hydrogens (primary N) is 1. The number of anilines is 1. The highest BCUT2D eigenvalue weighted by atomic mass is 35.5. The van der Waals surface area contributed by atoms with Crippen LogP contribution in [-0.4, -0.2) is 27.9 Å². The maximum Gasteiger partial charge on any atom is 0.166 e. The highest BCUT2D eigenvalue weighted by Crippen LogP contribution is 2.33. The van der Waals surface area contributed by atoms with Crippen LogP contribution in [-0.2, 0) is 0 Å². The van der Waals surface area contributed by atoms with Gasteiger partial charge in [0.05, 0.1) is 12.2 Å². The second kappa shape index (κ2) is 8.61. The van der Waals surface area contributed by atoms with Gasteiger partial charge < -0.3 is 15.8 Å². The lowest BCUT2D eigenvalue weighted by Crippen LogP contribution is -2.29. The summed E-state index contributed by atoms with van der Waals surface area (Å²) in [4.78, 5) is 4.31. The molecule has 1 aliphatic rings. The molecular weight excluding hydrogens is 409 g/mol. The average Bonchev–Trinajstić information content (AvgIpc) is 3.20. The summed E-state index contributed by atoms with van der Waals surface area (Å²) >= 11 is 12.3. The van der Waals surface area contributed by atoms with Gasteiger partial charge >= 0.3 is 0 Å². The number of halogens is 2. The number of nitrogens with one attached hydrogen (secondary N) is 1. The molecule has 4 rings (SSSR count). The molecule has 3 heterocycles. The largest absolute Gasteiger partial charge is 0.482 e. The van der Waals surface area contributed by atoms with E-state index >= 15 is 0 Å². The molecule has 3 N–H and O–H groups in total. The second-order valence-corrected chi connectivity index (χ2v) is 8.07. The van der Waals surface area contributed by atoms with Crippen LogP contribution in [0.3, 0.4) is 0 Å². The molecule has 29 heavy (non-hydrogen) atoms. The van der Waals surface area contributed by atoms with Gasteiger partial charge in [-0.3, -0.25) is 4.68 Å². The highest BCUT2D eigenvalue weighted by Gasteiger charge is 2.18. The van der Waals surface area contributed by atoms with Gasteiger partial charge in [0, 0.05) is 39.1 Å². The van der Waals surface area contributed by atoms with E-state index in [1.54, 1.807) is 18.3 Å². The topological polar surface area (TPSA) is 78.0 Å². The maximum absolute atomic E-state index is 6.31. The van der Waals surface area contributed by atoms with Gasteiger partial charge in [0.25, 0.3) is 0 Å². The van der Waals surface area contributed by atoms with Crippen molar-refractivity contribution < 1.29 is 4.74 Å². The fourth-order valence-corrected chi connectivity index (χ4v) is 4.11. The lowest BCUT2D eigenvalue weighted by molar-refractivity contribution is 0.228. The fourth-order valence-electron chi connectivity index (χ4n) is 3.55. The molecule has 1 saturated heterocycles. The monoisotopic (exact) mass is 431 g/mol. The number of hydrogen-bond donors (Lipinski definition) is 2. The van der Waals surface area contributed by atoms with Gasteiger partial charge in [-0.1, -0.05) is 29.3 Å². The van der Waals surface area contributed by atoms with Gasteiger partial charge in [0.1, 0.15) is 6.10 Å². The highest BCUT2D eigenvalue weighted by molar-refractivity contribution is 6.35. The maximum atomic E-state index is 6.31. The summed E-state index contributed by atoms with van der Waals surface area (Å²) in [5.74, 6) is 0.840. The molecule has 1 aromatic carbocycles. The van der Waals surface area contributed by atoms with Gasteiger partial charge in [-0.25, -0.2) is 4.98 Å². The fraction of sp³-hybridized carbons (Fsp3) is 0.333. The molecule has 1 atom stereocenters. The Morgan fingerprint density at radius 2 is 1.97 bits per heavy atom. The van der Waals surface area contributed by atoms with Crippen LogP contribution in [0.4, 0.5) is 5.82 Å². The van der Waals surface area contributed by atoms with Crippen LogP contribution in [0.25, 0.3) is 11.1 Å². The number of nitrogen functional groups attached to an aromatic ring is 1. The normalized spacial score (nSPS) is 16.0. The summed E-state index contributed by atoms with van der Waals surface area (Å²) in [6.45, 7) is 3.95. The van der Waals surface area contributed by atoms with Gasteiger partial charge in [-0.05, 0) is 51.1 Å². The molecule has 1 aliphatic heterocycles. The minimum absolute atomic E-state index is 0.309. The first-order chi connectivity index (χ1) is 14.0. The second-order valence-electron chi connectivity index (χ2n) is 7.22. The molecule has 0 amide bonds. The van der Waals surface area contributed by atoms with E-state index in [1.807, 2.05) is 29.9 Å². The Labute approximate surface area is 180 Å². The number of pyridine rings is 1. The molecule has 0 saturated carbocycles. The van der Waals surface area contributed by atoms with Gasteiger partial charge in [0.2, 0.25) is 0 Å². The Balaban J connectivity index is 1.55. The van der Waals surface area contributed by atoms with E-state index in [-0.39, 0.29) is 6.10 Å². The lowest BCUT2D eigenvalue weighted by Gasteiger charge is -2.22. The van der Waals surface area contributed by atoms with Gasteiger partial charge in [-0.15, -0.1) is 0 Å². The summed E-state index contributed by atoms with van der Waals surface area (Å²) in [5, 5.41) is 9.07. The molecule has 1 fully saturated rings. The zero-order valence-electron chi connectivity index (χ0n) is 16.1. The standard InChI is InChI=1S/C21H23Cl2N5O/c1-13(18-3-2-16(22)9-19(18)23)29-20-8-14(10-26-21(20)24)15-11-27-28(12-15)17-4-6-25-7-5-17/h2-3,8-13,17,25H,4-7H2,1H3,(H2,24,26). The Morgan fingerprint density at radius 1 is 1.17 bits per heavy atom. The lowest BCUT2D eigenvalue weighted by atomic mass is 10.1. The number of aromatic nitrogens is 3. The SMILES string of the molecule is CC(Oc1cc(-c2cnn(C3CCNCC3)c2)cnc1N)c1ccc(Cl)cc1Cl. The van der Waals surface area contributed by atoms with Crippen LogP contribution in [0.5, 0.6) is 5.75 Å². The van der Waals surface area contributed by atoms with Crippen LogP contribution in [0, 0.1) is 0 Å². The third-order valence-electron chi connectivity index (χ3n) is 5.20. The number of ether oxygens (including phenoxy) is 1. The van der Waals surface area contributed by atoms with Crippen molar-refractivity contribution in [2.75, 3.05) is 18.8 Å². The smallest absolute Gasteiger partial charge is 0.166 e. The summed E-state index contributed by atoms with van der Waals surface area (Å²) < 4.78 is 8.13. The summed E-state index contributed by atoms with van der Waals surface area (Å²) in [6, 6.07) is 7.66. The minimum atomic E-state index is -0.309. The van der Waals surface area contributed by atoms with E-state index in [0.29, 0.717) is 27.7 Å². The van der Waals surface area contributed by atoms with E-state index in [1.165, 1.54) is 0 Å². The van der Waals surface area contributed by atoms with Gasteiger partial charge in [0.15, 0.2) is 11.6 Å². The Morgan fingerprint density at radius 3 is 2.72 bits per heavy atom. The van der Waals surface area contributed by atoms with Crippen LogP contribution in [0.15, 0.2) is 42.9 Å². The molecule has 2 aromatic heterocycles. The average molecular weight is 432 g/mol. The molecular formula is C21H23Cl2N5O. The minimum Gasteiger partial charge on any atom is -0.482 e. The van der Waals surface area contributed by atoms with Crippen molar-refractivity contribution >= 4 is 29.0 Å². The zero-order valence-corrected chi connectivity index (χ0v) is 17.6. The van der Waals surface area contributed by atoms with Crippen molar-refractivity contribution in [2.24, 2.45) is 0 Å². The molecule has 3 aromatic rings. The van der Waals surface area contributed by atoms with Crippen molar-refractivity contribution in [3.05, 3.63) is 58.5 Å². The molecule has 0 bridgehead atoms. The number of benzene rings is 1. The number of hydrogen-bond acceptors (Lipinski definition) is 5. The first-order valence-corrected chi connectivity index (χ1v) is 10.4. The van der Waals surface area contributed by atoms with E-state index in [9.17, 15) is 0 Å². The third-order valence-corrected chi connectivity index (χ3v) is 5.77. The molecule has 152 valence electrons. The van der Waals surface area contributed by atoms with Crippen LogP contribution in [0.1, 0.15) is 37.5 Å². The van der Waals surface area contributed by atoms with E-state index in [0.717, 1.165) is 42.6 Å². The van der Waals surface area contributed by atoms with Crippen LogP contribution >= 0.6 is 23.2 Å². The predicted molar refractivity (Wildman–Crippen MR) is 117 cm³/mol. The third kappa shape index (κ3) is 4.50. The molecule has 8 heteroatoms. The summed E-state index contributed by atoms with van der Waals surface area (Å²) in [7, 11) is 0.